The first-order valence-corrected chi connectivity index (χ1v) is 8.17. The van der Waals surface area contributed by atoms with Crippen molar-refractivity contribution in [1.82, 2.24) is 0 Å². The summed E-state index contributed by atoms with van der Waals surface area (Å²) in [6.45, 7) is 5.58. The fourth-order valence-corrected chi connectivity index (χ4v) is 2.36. The third-order valence-electron chi connectivity index (χ3n) is 3.82. The smallest absolute Gasteiger partial charge is 0.311 e. The molecule has 7 nitrogen and oxygen atoms in total. The van der Waals surface area contributed by atoms with Gasteiger partial charge in [-0.3, -0.25) is 14.9 Å². The Hall–Kier alpha value is -3.16. The van der Waals surface area contributed by atoms with Crippen LogP contribution in [0.3, 0.4) is 0 Å². The zero-order valence-electron chi connectivity index (χ0n) is 15.5. The number of nitrogens with one attached hydrogen (secondary N) is 1. The predicted octanol–water partition coefficient (Wildman–Crippen LogP) is 4.06. The van der Waals surface area contributed by atoms with Crippen LogP contribution in [0.5, 0.6) is 11.5 Å². The van der Waals surface area contributed by atoms with Gasteiger partial charge in [0.1, 0.15) is 11.6 Å². The number of halogens is 1. The number of hydrogen-bond acceptors (Lipinski definition) is 5. The fraction of sp³-hybridized carbons (Fsp3) is 0.316. The van der Waals surface area contributed by atoms with E-state index in [1.807, 2.05) is 26.8 Å². The average molecular weight is 376 g/mol. The van der Waals surface area contributed by atoms with Crippen molar-refractivity contribution in [2.75, 3.05) is 19.0 Å². The lowest BCUT2D eigenvalue weighted by atomic mass is 9.87. The third-order valence-corrected chi connectivity index (χ3v) is 3.82. The number of rotatable bonds is 6. The highest BCUT2D eigenvalue weighted by atomic mass is 19.1. The zero-order chi connectivity index (χ0) is 20.2. The molecular formula is C19H21FN2O5. The first-order chi connectivity index (χ1) is 12.6. The highest BCUT2D eigenvalue weighted by molar-refractivity contribution is 5.93. The van der Waals surface area contributed by atoms with Gasteiger partial charge in [0, 0.05) is 12.1 Å². The Labute approximate surface area is 156 Å². The SMILES string of the molecule is COc1ccc(C(C)(C)C)cc1NC(=O)COc1cc(F)ccc1[N+](=O)[O-]. The van der Waals surface area contributed by atoms with Crippen molar-refractivity contribution >= 4 is 17.3 Å². The minimum absolute atomic E-state index is 0.134. The first kappa shape index (κ1) is 20.2. The Morgan fingerprint density at radius 3 is 2.48 bits per heavy atom. The predicted molar refractivity (Wildman–Crippen MR) is 98.9 cm³/mol. The second-order valence-electron chi connectivity index (χ2n) is 6.87. The fourth-order valence-electron chi connectivity index (χ4n) is 2.36. The van der Waals surface area contributed by atoms with Gasteiger partial charge in [-0.15, -0.1) is 0 Å². The molecule has 0 aliphatic rings. The Morgan fingerprint density at radius 2 is 1.89 bits per heavy atom. The summed E-state index contributed by atoms with van der Waals surface area (Å²) in [5, 5.41) is 13.6. The normalized spacial score (nSPS) is 11.0. The highest BCUT2D eigenvalue weighted by Crippen LogP contribution is 2.32. The van der Waals surface area contributed by atoms with Crippen molar-refractivity contribution in [3.05, 3.63) is 57.9 Å². The van der Waals surface area contributed by atoms with Gasteiger partial charge < -0.3 is 14.8 Å². The summed E-state index contributed by atoms with van der Waals surface area (Å²) in [7, 11) is 1.48. The molecule has 27 heavy (non-hydrogen) atoms. The van der Waals surface area contributed by atoms with E-state index in [1.54, 1.807) is 12.1 Å². The number of nitro benzene ring substituents is 1. The molecule has 8 heteroatoms. The number of hydrogen-bond donors (Lipinski definition) is 1. The van der Waals surface area contributed by atoms with Gasteiger partial charge in [-0.25, -0.2) is 4.39 Å². The van der Waals surface area contributed by atoms with Crippen molar-refractivity contribution in [2.45, 2.75) is 26.2 Å². The van der Waals surface area contributed by atoms with Crippen LogP contribution in [0.1, 0.15) is 26.3 Å². The highest BCUT2D eigenvalue weighted by Gasteiger charge is 2.19. The summed E-state index contributed by atoms with van der Waals surface area (Å²) in [5.41, 5.74) is 0.883. The number of nitrogens with zero attached hydrogens (tertiary/aromatic N) is 1. The molecule has 1 N–H and O–H groups in total. The number of benzene rings is 2. The molecule has 0 heterocycles. The molecule has 2 aromatic rings. The lowest BCUT2D eigenvalue weighted by Gasteiger charge is -2.21. The Balaban J connectivity index is 2.15. The number of anilines is 1. The summed E-state index contributed by atoms with van der Waals surface area (Å²) in [6.07, 6.45) is 0. The molecule has 0 aromatic heterocycles. The average Bonchev–Trinajstić information content (AvgIpc) is 2.59. The van der Waals surface area contributed by atoms with Gasteiger partial charge in [-0.05, 0) is 29.2 Å². The molecule has 2 rings (SSSR count). The second kappa shape index (κ2) is 8.03. The van der Waals surface area contributed by atoms with Crippen LogP contribution in [0.25, 0.3) is 0 Å². The first-order valence-electron chi connectivity index (χ1n) is 8.17. The van der Waals surface area contributed by atoms with Crippen LogP contribution in [0.2, 0.25) is 0 Å². The Morgan fingerprint density at radius 1 is 1.19 bits per heavy atom. The minimum Gasteiger partial charge on any atom is -0.495 e. The standard InChI is InChI=1S/C19H21FN2O5/c1-19(2,3)12-5-8-16(26-4)14(9-12)21-18(23)11-27-17-10-13(20)6-7-15(17)22(24)25/h5-10H,11H2,1-4H3,(H,21,23). The molecule has 0 aliphatic heterocycles. The van der Waals surface area contributed by atoms with Crippen LogP contribution in [0.4, 0.5) is 15.8 Å². The molecule has 0 fully saturated rings. The van der Waals surface area contributed by atoms with E-state index < -0.39 is 28.9 Å². The molecule has 0 atom stereocenters. The van der Waals surface area contributed by atoms with Crippen LogP contribution in [-0.2, 0) is 10.2 Å². The molecule has 0 saturated carbocycles. The molecular weight excluding hydrogens is 355 g/mol. The molecule has 0 spiro atoms. The second-order valence-corrected chi connectivity index (χ2v) is 6.87. The van der Waals surface area contributed by atoms with E-state index in [9.17, 15) is 19.3 Å². The van der Waals surface area contributed by atoms with Gasteiger partial charge in [0.2, 0.25) is 5.75 Å². The van der Waals surface area contributed by atoms with Crippen molar-refractivity contribution in [1.29, 1.82) is 0 Å². The number of nitro groups is 1. The van der Waals surface area contributed by atoms with Crippen LogP contribution in [0, 0.1) is 15.9 Å². The van der Waals surface area contributed by atoms with Crippen molar-refractivity contribution in [2.24, 2.45) is 0 Å². The summed E-state index contributed by atoms with van der Waals surface area (Å²) in [5.74, 6) is -1.10. The zero-order valence-corrected chi connectivity index (χ0v) is 15.5. The van der Waals surface area contributed by atoms with Crippen molar-refractivity contribution in [3.63, 3.8) is 0 Å². The lowest BCUT2D eigenvalue weighted by molar-refractivity contribution is -0.385. The summed E-state index contributed by atoms with van der Waals surface area (Å²) in [4.78, 5) is 22.5. The molecule has 0 aliphatic carbocycles. The largest absolute Gasteiger partial charge is 0.495 e. The van der Waals surface area contributed by atoms with Gasteiger partial charge in [-0.2, -0.15) is 0 Å². The maximum absolute atomic E-state index is 13.3. The quantitative estimate of drug-likeness (QED) is 0.606. The molecule has 2 aromatic carbocycles. The summed E-state index contributed by atoms with van der Waals surface area (Å²) < 4.78 is 23.7. The summed E-state index contributed by atoms with van der Waals surface area (Å²) >= 11 is 0. The molecule has 0 radical (unpaired) electrons. The van der Waals surface area contributed by atoms with Gasteiger partial charge in [0.05, 0.1) is 17.7 Å². The number of amides is 1. The topological polar surface area (TPSA) is 90.7 Å². The number of carbonyl (C=O) groups is 1. The minimum atomic E-state index is -0.706. The maximum Gasteiger partial charge on any atom is 0.311 e. The van der Waals surface area contributed by atoms with E-state index in [4.69, 9.17) is 9.47 Å². The molecule has 0 bridgehead atoms. The van der Waals surface area contributed by atoms with Gasteiger partial charge in [0.25, 0.3) is 5.91 Å². The Bertz CT molecular complexity index is 862. The molecule has 0 unspecified atom stereocenters. The number of carbonyl (C=O) groups excluding carboxylic acids is 1. The van der Waals surface area contributed by atoms with E-state index in [2.05, 4.69) is 5.32 Å². The van der Waals surface area contributed by atoms with Gasteiger partial charge >= 0.3 is 5.69 Å². The van der Waals surface area contributed by atoms with Crippen LogP contribution in [-0.4, -0.2) is 24.5 Å². The van der Waals surface area contributed by atoms with Gasteiger partial charge in [-0.1, -0.05) is 26.8 Å². The number of ether oxygens (including phenoxy) is 2. The summed E-state index contributed by atoms with van der Waals surface area (Å²) in [6, 6.07) is 8.25. The third kappa shape index (κ3) is 5.16. The van der Waals surface area contributed by atoms with E-state index in [-0.39, 0.29) is 11.2 Å². The Kier molecular flexibility index (Phi) is 5.99. The van der Waals surface area contributed by atoms with Gasteiger partial charge in [0.15, 0.2) is 6.61 Å². The van der Waals surface area contributed by atoms with Crippen LogP contribution in [0.15, 0.2) is 36.4 Å². The maximum atomic E-state index is 13.3. The van der Waals surface area contributed by atoms with E-state index >= 15 is 0 Å². The van der Waals surface area contributed by atoms with Crippen LogP contribution < -0.4 is 14.8 Å². The van der Waals surface area contributed by atoms with E-state index in [1.165, 1.54) is 7.11 Å². The molecule has 0 saturated heterocycles. The van der Waals surface area contributed by atoms with Crippen molar-refractivity contribution in [3.8, 4) is 11.5 Å². The molecule has 1 amide bonds. The van der Waals surface area contributed by atoms with E-state index in [0.717, 1.165) is 23.8 Å². The van der Waals surface area contributed by atoms with E-state index in [0.29, 0.717) is 11.4 Å². The van der Waals surface area contributed by atoms with Crippen molar-refractivity contribution < 1.29 is 23.6 Å². The van der Waals surface area contributed by atoms with Crippen LogP contribution >= 0.6 is 0 Å². The number of methoxy groups -OCH3 is 1. The lowest BCUT2D eigenvalue weighted by Crippen LogP contribution is -2.21. The monoisotopic (exact) mass is 376 g/mol. The molecule has 144 valence electrons.